The minimum absolute atomic E-state index is 0.0457. The van der Waals surface area contributed by atoms with Gasteiger partial charge in [0.2, 0.25) is 17.7 Å². The van der Waals surface area contributed by atoms with Crippen LogP contribution >= 0.6 is 0 Å². The average molecular weight is 265 g/mol. The molecule has 1 unspecified atom stereocenters. The van der Waals surface area contributed by atoms with E-state index in [-0.39, 0.29) is 30.2 Å². The number of nitrogens with zero attached hydrogens (tertiary/aromatic N) is 2. The van der Waals surface area contributed by atoms with E-state index < -0.39 is 0 Å². The molecule has 2 rings (SSSR count). The second-order valence-electron chi connectivity index (χ2n) is 5.12. The van der Waals surface area contributed by atoms with Gasteiger partial charge in [0.15, 0.2) is 0 Å². The van der Waals surface area contributed by atoms with E-state index in [1.807, 2.05) is 6.08 Å². The van der Waals surface area contributed by atoms with Crippen LogP contribution in [-0.4, -0.2) is 53.7 Å². The summed E-state index contributed by atoms with van der Waals surface area (Å²) in [6.45, 7) is 1.94. The van der Waals surface area contributed by atoms with Gasteiger partial charge < -0.3 is 15.5 Å². The Hall–Kier alpha value is -1.85. The molecule has 0 bridgehead atoms. The zero-order chi connectivity index (χ0) is 13.8. The minimum atomic E-state index is -0.323. The van der Waals surface area contributed by atoms with Crippen LogP contribution < -0.4 is 5.73 Å². The Morgan fingerprint density at radius 2 is 2.16 bits per heavy atom. The summed E-state index contributed by atoms with van der Waals surface area (Å²) < 4.78 is 0. The fraction of sp³-hybridized carbons (Fsp3) is 0.615. The maximum absolute atomic E-state index is 12.1. The number of carbonyl (C=O) groups is 3. The van der Waals surface area contributed by atoms with Gasteiger partial charge in [-0.05, 0) is 24.8 Å². The van der Waals surface area contributed by atoms with Crippen LogP contribution in [0.5, 0.6) is 0 Å². The topological polar surface area (TPSA) is 83.7 Å². The van der Waals surface area contributed by atoms with Crippen LogP contribution in [0.3, 0.4) is 0 Å². The molecule has 0 saturated carbocycles. The molecule has 0 spiro atoms. The summed E-state index contributed by atoms with van der Waals surface area (Å²) in [5, 5.41) is 0. The first-order valence-corrected chi connectivity index (χ1v) is 6.58. The average Bonchev–Trinajstić information content (AvgIpc) is 2.79. The van der Waals surface area contributed by atoms with Crippen LogP contribution in [0.1, 0.15) is 19.3 Å². The van der Waals surface area contributed by atoms with E-state index in [0.717, 1.165) is 12.8 Å². The lowest BCUT2D eigenvalue weighted by molar-refractivity contribution is -0.137. The summed E-state index contributed by atoms with van der Waals surface area (Å²) in [7, 11) is 0. The lowest BCUT2D eigenvalue weighted by Gasteiger charge is -2.25. The molecule has 6 heteroatoms. The Balaban J connectivity index is 1.82. The number of carbonyl (C=O) groups excluding carboxylic acids is 3. The summed E-state index contributed by atoms with van der Waals surface area (Å²) >= 11 is 0. The quantitative estimate of drug-likeness (QED) is 0.743. The number of rotatable bonds is 4. The Labute approximate surface area is 112 Å². The number of hydrogen-bond donors (Lipinski definition) is 1. The van der Waals surface area contributed by atoms with Crippen LogP contribution in [0, 0.1) is 5.92 Å². The summed E-state index contributed by atoms with van der Waals surface area (Å²) in [6.07, 6.45) is 5.26. The van der Waals surface area contributed by atoms with Gasteiger partial charge in [-0.25, -0.2) is 0 Å². The van der Waals surface area contributed by atoms with Crippen molar-refractivity contribution >= 4 is 17.7 Å². The molecule has 2 aliphatic rings. The molecule has 1 saturated heterocycles. The normalized spacial score (nSPS) is 22.9. The highest BCUT2D eigenvalue weighted by Gasteiger charge is 2.28. The highest BCUT2D eigenvalue weighted by molar-refractivity contribution is 5.92. The Bertz CT molecular complexity index is 419. The Kier molecular flexibility index (Phi) is 4.19. The Morgan fingerprint density at radius 3 is 2.84 bits per heavy atom. The van der Waals surface area contributed by atoms with Crippen molar-refractivity contribution in [1.82, 2.24) is 9.80 Å². The molecule has 0 radical (unpaired) electrons. The highest BCUT2D eigenvalue weighted by atomic mass is 16.2. The van der Waals surface area contributed by atoms with Gasteiger partial charge in [-0.1, -0.05) is 6.08 Å². The van der Waals surface area contributed by atoms with E-state index in [1.165, 1.54) is 6.08 Å². The van der Waals surface area contributed by atoms with Crippen LogP contribution in [0.25, 0.3) is 0 Å². The third kappa shape index (κ3) is 3.56. The molecular weight excluding hydrogens is 246 g/mol. The van der Waals surface area contributed by atoms with Gasteiger partial charge in [-0.3, -0.25) is 14.4 Å². The molecule has 1 atom stereocenters. The first-order chi connectivity index (χ1) is 9.06. The predicted octanol–water partition coefficient (Wildman–Crippen LogP) is -0.501. The van der Waals surface area contributed by atoms with Crippen LogP contribution in [0.2, 0.25) is 0 Å². The molecule has 104 valence electrons. The maximum Gasteiger partial charge on any atom is 0.246 e. The van der Waals surface area contributed by atoms with E-state index >= 15 is 0 Å². The molecule has 0 aromatic rings. The largest absolute Gasteiger partial charge is 0.370 e. The summed E-state index contributed by atoms with van der Waals surface area (Å²) in [6, 6.07) is 0. The third-order valence-corrected chi connectivity index (χ3v) is 3.59. The zero-order valence-corrected chi connectivity index (χ0v) is 10.9. The molecule has 1 fully saturated rings. The van der Waals surface area contributed by atoms with Crippen LogP contribution in [0.4, 0.5) is 0 Å². The van der Waals surface area contributed by atoms with E-state index in [9.17, 15) is 14.4 Å². The molecule has 0 aliphatic carbocycles. The van der Waals surface area contributed by atoms with Gasteiger partial charge in [-0.15, -0.1) is 0 Å². The van der Waals surface area contributed by atoms with Crippen molar-refractivity contribution in [2.45, 2.75) is 19.3 Å². The van der Waals surface area contributed by atoms with Gasteiger partial charge in [0, 0.05) is 26.1 Å². The molecule has 19 heavy (non-hydrogen) atoms. The van der Waals surface area contributed by atoms with Crippen molar-refractivity contribution in [1.29, 1.82) is 0 Å². The van der Waals surface area contributed by atoms with Gasteiger partial charge in [-0.2, -0.15) is 0 Å². The van der Waals surface area contributed by atoms with Crippen LogP contribution in [-0.2, 0) is 14.4 Å². The first-order valence-electron chi connectivity index (χ1n) is 6.58. The molecule has 6 nitrogen and oxygen atoms in total. The predicted molar refractivity (Wildman–Crippen MR) is 68.8 cm³/mol. The highest BCUT2D eigenvalue weighted by Crippen LogP contribution is 2.19. The monoisotopic (exact) mass is 265 g/mol. The van der Waals surface area contributed by atoms with Crippen LogP contribution in [0.15, 0.2) is 12.2 Å². The van der Waals surface area contributed by atoms with Gasteiger partial charge in [0.1, 0.15) is 6.54 Å². The van der Waals surface area contributed by atoms with Gasteiger partial charge >= 0.3 is 0 Å². The van der Waals surface area contributed by atoms with E-state index in [1.54, 1.807) is 9.80 Å². The number of amides is 3. The Morgan fingerprint density at radius 1 is 1.37 bits per heavy atom. The number of primary amides is 1. The third-order valence-electron chi connectivity index (χ3n) is 3.59. The molecule has 3 amide bonds. The minimum Gasteiger partial charge on any atom is -0.370 e. The van der Waals surface area contributed by atoms with Crippen molar-refractivity contribution in [2.24, 2.45) is 11.7 Å². The summed E-state index contributed by atoms with van der Waals surface area (Å²) in [5.74, 6) is -0.308. The standard InChI is InChI=1S/C13H19N3O3/c14-11(17)7-10-4-6-16(8-10)13(19)9-15-5-2-1-3-12(15)18/h1,3,10H,2,4-9H2,(H2,14,17). The van der Waals surface area contributed by atoms with Gasteiger partial charge in [0.25, 0.3) is 0 Å². The second kappa shape index (κ2) is 5.86. The number of likely N-dealkylation sites (tertiary alicyclic amines) is 1. The molecule has 2 N–H and O–H groups in total. The fourth-order valence-corrected chi connectivity index (χ4v) is 2.56. The van der Waals surface area contributed by atoms with E-state index in [4.69, 9.17) is 5.73 Å². The van der Waals surface area contributed by atoms with Crippen molar-refractivity contribution < 1.29 is 14.4 Å². The molecule has 2 heterocycles. The molecule has 2 aliphatic heterocycles. The van der Waals surface area contributed by atoms with E-state index in [0.29, 0.717) is 26.1 Å². The lowest BCUT2D eigenvalue weighted by Crippen LogP contribution is -2.43. The zero-order valence-electron chi connectivity index (χ0n) is 10.9. The van der Waals surface area contributed by atoms with Crippen molar-refractivity contribution in [3.05, 3.63) is 12.2 Å². The second-order valence-corrected chi connectivity index (χ2v) is 5.12. The lowest BCUT2D eigenvalue weighted by atomic mass is 10.1. The summed E-state index contributed by atoms with van der Waals surface area (Å²) in [4.78, 5) is 37.8. The first kappa shape index (κ1) is 13.6. The molecule has 0 aromatic heterocycles. The number of hydrogen-bond acceptors (Lipinski definition) is 3. The maximum atomic E-state index is 12.1. The summed E-state index contributed by atoms with van der Waals surface area (Å²) in [5.41, 5.74) is 5.16. The fourth-order valence-electron chi connectivity index (χ4n) is 2.56. The van der Waals surface area contributed by atoms with Crippen molar-refractivity contribution in [2.75, 3.05) is 26.2 Å². The van der Waals surface area contributed by atoms with Crippen molar-refractivity contribution in [3.8, 4) is 0 Å². The molecular formula is C13H19N3O3. The van der Waals surface area contributed by atoms with E-state index in [2.05, 4.69) is 0 Å². The SMILES string of the molecule is NC(=O)CC1CCN(C(=O)CN2CCC=CC2=O)C1. The number of nitrogens with two attached hydrogens (primary N) is 1. The van der Waals surface area contributed by atoms with Gasteiger partial charge in [0.05, 0.1) is 0 Å². The molecule has 0 aromatic carbocycles. The van der Waals surface area contributed by atoms with Crippen molar-refractivity contribution in [3.63, 3.8) is 0 Å². The smallest absolute Gasteiger partial charge is 0.246 e.